The SMILES string of the molecule is CCCCCCCCCCCCCCCCc1ccnc(-c2cc(C)ccn2)c1. The predicted octanol–water partition coefficient (Wildman–Crippen LogP) is 8.48. The quantitative estimate of drug-likeness (QED) is 0.267. The van der Waals surface area contributed by atoms with Crippen molar-refractivity contribution in [3.8, 4) is 11.4 Å². The van der Waals surface area contributed by atoms with Crippen molar-refractivity contribution < 1.29 is 0 Å². The lowest BCUT2D eigenvalue weighted by atomic mass is 10.0. The smallest absolute Gasteiger partial charge is 0.0888 e. The molecule has 0 unspecified atom stereocenters. The summed E-state index contributed by atoms with van der Waals surface area (Å²) in [4.78, 5) is 8.97. The van der Waals surface area contributed by atoms with E-state index in [2.05, 4.69) is 42.0 Å². The third kappa shape index (κ3) is 10.6. The summed E-state index contributed by atoms with van der Waals surface area (Å²) in [6.45, 7) is 4.39. The van der Waals surface area contributed by atoms with Gasteiger partial charge in [0, 0.05) is 12.4 Å². The molecular weight excluding hydrogens is 352 g/mol. The largest absolute Gasteiger partial charge is 0.255 e. The van der Waals surface area contributed by atoms with Gasteiger partial charge in [0.2, 0.25) is 0 Å². The molecule has 0 saturated carbocycles. The summed E-state index contributed by atoms with van der Waals surface area (Å²) < 4.78 is 0. The Hall–Kier alpha value is -1.70. The summed E-state index contributed by atoms with van der Waals surface area (Å²) in [5.41, 5.74) is 4.59. The van der Waals surface area contributed by atoms with Crippen molar-refractivity contribution in [2.24, 2.45) is 0 Å². The Balaban J connectivity index is 1.48. The van der Waals surface area contributed by atoms with E-state index in [0.717, 1.165) is 17.8 Å². The number of pyridine rings is 2. The second-order valence-corrected chi connectivity index (χ2v) is 8.61. The van der Waals surface area contributed by atoms with Crippen molar-refractivity contribution in [3.05, 3.63) is 47.8 Å². The molecule has 2 heteroatoms. The molecule has 2 heterocycles. The van der Waals surface area contributed by atoms with E-state index < -0.39 is 0 Å². The zero-order valence-corrected chi connectivity index (χ0v) is 19.0. The van der Waals surface area contributed by atoms with Gasteiger partial charge in [0.15, 0.2) is 0 Å². The summed E-state index contributed by atoms with van der Waals surface area (Å²) in [6.07, 6.45) is 24.7. The van der Waals surface area contributed by atoms with Crippen LogP contribution < -0.4 is 0 Å². The summed E-state index contributed by atoms with van der Waals surface area (Å²) in [5.74, 6) is 0. The summed E-state index contributed by atoms with van der Waals surface area (Å²) in [5, 5.41) is 0. The normalized spacial score (nSPS) is 11.1. The van der Waals surface area contributed by atoms with E-state index in [4.69, 9.17) is 0 Å². The Morgan fingerprint density at radius 1 is 0.586 bits per heavy atom. The van der Waals surface area contributed by atoms with Gasteiger partial charge < -0.3 is 0 Å². The van der Waals surface area contributed by atoms with Crippen LogP contribution in [-0.2, 0) is 6.42 Å². The molecule has 0 atom stereocenters. The van der Waals surface area contributed by atoms with E-state index in [1.807, 2.05) is 18.5 Å². The zero-order chi connectivity index (χ0) is 20.6. The fourth-order valence-corrected chi connectivity index (χ4v) is 3.97. The topological polar surface area (TPSA) is 25.8 Å². The van der Waals surface area contributed by atoms with Crippen LogP contribution in [0.2, 0.25) is 0 Å². The number of rotatable bonds is 16. The Morgan fingerprint density at radius 2 is 1.07 bits per heavy atom. The number of nitrogens with zero attached hydrogens (tertiary/aromatic N) is 2. The van der Waals surface area contributed by atoms with Crippen molar-refractivity contribution >= 4 is 0 Å². The molecule has 0 aliphatic carbocycles. The second-order valence-electron chi connectivity index (χ2n) is 8.61. The Morgan fingerprint density at radius 3 is 1.62 bits per heavy atom. The average molecular weight is 395 g/mol. The third-order valence-electron chi connectivity index (χ3n) is 5.82. The van der Waals surface area contributed by atoms with Gasteiger partial charge in [0.05, 0.1) is 11.4 Å². The van der Waals surface area contributed by atoms with Gasteiger partial charge in [-0.3, -0.25) is 9.97 Å². The maximum absolute atomic E-state index is 4.51. The molecule has 2 rings (SSSR count). The number of aromatic nitrogens is 2. The summed E-state index contributed by atoms with van der Waals surface area (Å²) in [7, 11) is 0. The average Bonchev–Trinajstić information content (AvgIpc) is 2.74. The minimum Gasteiger partial charge on any atom is -0.255 e. The Kier molecular flexibility index (Phi) is 12.3. The molecule has 0 radical (unpaired) electrons. The fourth-order valence-electron chi connectivity index (χ4n) is 3.97. The molecule has 2 aromatic rings. The van der Waals surface area contributed by atoms with Gasteiger partial charge in [-0.15, -0.1) is 0 Å². The molecule has 0 aromatic carbocycles. The van der Waals surface area contributed by atoms with E-state index in [0.29, 0.717) is 0 Å². The van der Waals surface area contributed by atoms with E-state index >= 15 is 0 Å². The highest BCUT2D eigenvalue weighted by Gasteiger charge is 2.03. The van der Waals surface area contributed by atoms with E-state index in [1.54, 1.807) is 0 Å². The molecular formula is C27H42N2. The van der Waals surface area contributed by atoms with E-state index in [1.165, 1.54) is 101 Å². The van der Waals surface area contributed by atoms with Crippen molar-refractivity contribution in [3.63, 3.8) is 0 Å². The van der Waals surface area contributed by atoms with E-state index in [9.17, 15) is 0 Å². The van der Waals surface area contributed by atoms with Gasteiger partial charge >= 0.3 is 0 Å². The van der Waals surface area contributed by atoms with Crippen LogP contribution in [0.25, 0.3) is 11.4 Å². The molecule has 160 valence electrons. The summed E-state index contributed by atoms with van der Waals surface area (Å²) >= 11 is 0. The van der Waals surface area contributed by atoms with Crippen LogP contribution in [-0.4, -0.2) is 9.97 Å². The van der Waals surface area contributed by atoms with Crippen LogP contribution in [0, 0.1) is 6.92 Å². The van der Waals surface area contributed by atoms with Gasteiger partial charge in [0.1, 0.15) is 0 Å². The van der Waals surface area contributed by atoms with Gasteiger partial charge in [-0.2, -0.15) is 0 Å². The van der Waals surface area contributed by atoms with Gasteiger partial charge in [-0.25, -0.2) is 0 Å². The lowest BCUT2D eigenvalue weighted by Gasteiger charge is -2.06. The first kappa shape index (κ1) is 23.6. The molecule has 0 amide bonds. The first-order valence-electron chi connectivity index (χ1n) is 12.2. The number of hydrogen-bond donors (Lipinski definition) is 0. The molecule has 29 heavy (non-hydrogen) atoms. The van der Waals surface area contributed by atoms with Gasteiger partial charge in [0.25, 0.3) is 0 Å². The highest BCUT2D eigenvalue weighted by molar-refractivity contribution is 5.55. The number of unbranched alkanes of at least 4 members (excludes halogenated alkanes) is 13. The van der Waals surface area contributed by atoms with Crippen LogP contribution in [0.1, 0.15) is 108 Å². The van der Waals surface area contributed by atoms with Gasteiger partial charge in [-0.05, 0) is 55.2 Å². The van der Waals surface area contributed by atoms with Gasteiger partial charge in [-0.1, -0.05) is 90.4 Å². The zero-order valence-electron chi connectivity index (χ0n) is 19.0. The minimum atomic E-state index is 0.979. The minimum absolute atomic E-state index is 0.979. The van der Waals surface area contributed by atoms with Crippen LogP contribution >= 0.6 is 0 Å². The highest BCUT2D eigenvalue weighted by Crippen LogP contribution is 2.18. The lowest BCUT2D eigenvalue weighted by molar-refractivity contribution is 0.535. The van der Waals surface area contributed by atoms with Crippen molar-refractivity contribution in [2.45, 2.75) is 110 Å². The monoisotopic (exact) mass is 394 g/mol. The molecule has 0 saturated heterocycles. The van der Waals surface area contributed by atoms with Crippen molar-refractivity contribution in [1.82, 2.24) is 9.97 Å². The van der Waals surface area contributed by atoms with Crippen LogP contribution in [0.5, 0.6) is 0 Å². The van der Waals surface area contributed by atoms with E-state index in [-0.39, 0.29) is 0 Å². The predicted molar refractivity (Wildman–Crippen MR) is 126 cm³/mol. The van der Waals surface area contributed by atoms with Crippen LogP contribution in [0.3, 0.4) is 0 Å². The first-order chi connectivity index (χ1) is 14.3. The maximum atomic E-state index is 4.51. The van der Waals surface area contributed by atoms with Crippen LogP contribution in [0.4, 0.5) is 0 Å². The second kappa shape index (κ2) is 15.2. The van der Waals surface area contributed by atoms with Crippen LogP contribution in [0.15, 0.2) is 36.7 Å². The lowest BCUT2D eigenvalue weighted by Crippen LogP contribution is -1.92. The third-order valence-corrected chi connectivity index (χ3v) is 5.82. The molecule has 0 spiro atoms. The Labute approximate surface area is 179 Å². The molecule has 0 fully saturated rings. The van der Waals surface area contributed by atoms with Crippen molar-refractivity contribution in [2.75, 3.05) is 0 Å². The molecule has 0 bridgehead atoms. The highest BCUT2D eigenvalue weighted by atomic mass is 14.8. The molecule has 2 nitrogen and oxygen atoms in total. The molecule has 0 aliphatic rings. The first-order valence-corrected chi connectivity index (χ1v) is 12.2. The molecule has 0 N–H and O–H groups in total. The van der Waals surface area contributed by atoms with Crippen molar-refractivity contribution in [1.29, 1.82) is 0 Å². The standard InChI is InChI=1S/C27H42N2/c1-3-4-5-6-7-8-9-10-11-12-13-14-15-16-17-25-19-21-29-27(23-25)26-22-24(2)18-20-28-26/h18-23H,3-17H2,1-2H3. The molecule has 0 aliphatic heterocycles. The summed E-state index contributed by atoms with van der Waals surface area (Å²) in [6, 6.07) is 8.51. The maximum Gasteiger partial charge on any atom is 0.0888 e. The molecule has 2 aromatic heterocycles. The number of hydrogen-bond acceptors (Lipinski definition) is 2. The fraction of sp³-hybridized carbons (Fsp3) is 0.630. The number of aryl methyl sites for hydroxylation is 2. The Bertz CT molecular complexity index is 665.